The van der Waals surface area contributed by atoms with Crippen molar-refractivity contribution < 1.29 is 4.79 Å². The summed E-state index contributed by atoms with van der Waals surface area (Å²) in [6.45, 7) is 6.09. The molecule has 2 fully saturated rings. The summed E-state index contributed by atoms with van der Waals surface area (Å²) in [5, 5.41) is 7.18. The zero-order chi connectivity index (χ0) is 15.0. The summed E-state index contributed by atoms with van der Waals surface area (Å²) in [5.41, 5.74) is -0.160. The summed E-state index contributed by atoms with van der Waals surface area (Å²) >= 11 is 1.37. The van der Waals surface area contributed by atoms with Crippen LogP contribution in [0.1, 0.15) is 39.2 Å². The maximum absolute atomic E-state index is 12.3. The van der Waals surface area contributed by atoms with E-state index in [4.69, 9.17) is 0 Å². The topological polar surface area (TPSA) is 71.0 Å². The van der Waals surface area contributed by atoms with Gasteiger partial charge in [0.15, 0.2) is 5.16 Å². The van der Waals surface area contributed by atoms with E-state index < -0.39 is 0 Å². The Morgan fingerprint density at radius 1 is 1.33 bits per heavy atom. The van der Waals surface area contributed by atoms with Gasteiger partial charge in [0.05, 0.1) is 5.75 Å². The Balaban J connectivity index is 1.60. The fraction of sp³-hybridized carbons (Fsp3) is 0.786. The average Bonchev–Trinajstić information content (AvgIpc) is 3.19. The fourth-order valence-corrected chi connectivity index (χ4v) is 4.05. The van der Waals surface area contributed by atoms with Crippen LogP contribution in [-0.2, 0) is 4.79 Å². The van der Waals surface area contributed by atoms with E-state index in [9.17, 15) is 9.59 Å². The number of rotatable bonds is 4. The predicted molar refractivity (Wildman–Crippen MR) is 81.4 cm³/mol. The van der Waals surface area contributed by atoms with Gasteiger partial charge in [-0.25, -0.2) is 9.89 Å². The highest BCUT2D eigenvalue weighted by Crippen LogP contribution is 2.36. The molecule has 2 atom stereocenters. The number of H-pyrrole nitrogens is 1. The first-order valence-electron chi connectivity index (χ1n) is 7.62. The maximum atomic E-state index is 12.3. The number of carbonyl (C=O) groups excluding carboxylic acids is 1. The van der Waals surface area contributed by atoms with E-state index in [1.54, 1.807) is 4.57 Å². The van der Waals surface area contributed by atoms with Crippen LogP contribution in [0, 0.1) is 11.8 Å². The molecule has 21 heavy (non-hydrogen) atoms. The lowest BCUT2D eigenvalue weighted by Gasteiger charge is -2.34. The predicted octanol–water partition coefficient (Wildman–Crippen LogP) is 1.50. The average molecular weight is 310 g/mol. The summed E-state index contributed by atoms with van der Waals surface area (Å²) in [7, 11) is 0. The van der Waals surface area contributed by atoms with Crippen molar-refractivity contribution in [3.05, 3.63) is 10.5 Å². The number of likely N-dealkylation sites (tertiary alicyclic amines) is 1. The van der Waals surface area contributed by atoms with Gasteiger partial charge in [0.25, 0.3) is 0 Å². The second kappa shape index (κ2) is 5.87. The molecule has 7 heteroatoms. The second-order valence-electron chi connectivity index (χ2n) is 6.45. The Bertz CT molecular complexity index is 568. The van der Waals surface area contributed by atoms with Crippen molar-refractivity contribution >= 4 is 17.7 Å². The molecule has 0 unspecified atom stereocenters. The van der Waals surface area contributed by atoms with Crippen LogP contribution in [0.15, 0.2) is 9.95 Å². The number of hydrogen-bond acceptors (Lipinski definition) is 4. The molecule has 116 valence electrons. The van der Waals surface area contributed by atoms with E-state index in [-0.39, 0.29) is 17.6 Å². The molecule has 3 rings (SSSR count). The Hall–Kier alpha value is -1.24. The molecular formula is C14H22N4O2S. The highest BCUT2D eigenvalue weighted by molar-refractivity contribution is 7.99. The van der Waals surface area contributed by atoms with Crippen molar-refractivity contribution in [2.45, 2.75) is 44.3 Å². The van der Waals surface area contributed by atoms with E-state index in [2.05, 4.69) is 24.0 Å². The molecular weight excluding hydrogens is 288 g/mol. The van der Waals surface area contributed by atoms with Crippen LogP contribution in [0.25, 0.3) is 0 Å². The number of aromatic nitrogens is 3. The molecule has 1 saturated heterocycles. The van der Waals surface area contributed by atoms with Crippen molar-refractivity contribution in [2.75, 3.05) is 18.8 Å². The van der Waals surface area contributed by atoms with Crippen LogP contribution in [0.3, 0.4) is 0 Å². The maximum Gasteiger partial charge on any atom is 0.344 e. The van der Waals surface area contributed by atoms with Gasteiger partial charge in [-0.2, -0.15) is 0 Å². The van der Waals surface area contributed by atoms with Crippen LogP contribution in [0.2, 0.25) is 0 Å². The number of nitrogens with zero attached hydrogens (tertiary/aromatic N) is 3. The summed E-state index contributed by atoms with van der Waals surface area (Å²) < 4.78 is 1.69. The number of thioether (sulfide) groups is 1. The van der Waals surface area contributed by atoms with Crippen molar-refractivity contribution in [2.24, 2.45) is 11.8 Å². The highest BCUT2D eigenvalue weighted by atomic mass is 32.2. The van der Waals surface area contributed by atoms with Crippen LogP contribution >= 0.6 is 11.8 Å². The van der Waals surface area contributed by atoms with Gasteiger partial charge in [-0.1, -0.05) is 25.6 Å². The number of hydrogen-bond donors (Lipinski definition) is 1. The summed E-state index contributed by atoms with van der Waals surface area (Å²) in [6.07, 6.45) is 3.25. The number of piperidine rings is 1. The third-order valence-corrected chi connectivity index (χ3v) is 5.07. The second-order valence-corrected chi connectivity index (χ2v) is 7.39. The highest BCUT2D eigenvalue weighted by Gasteiger charge is 2.30. The zero-order valence-corrected chi connectivity index (χ0v) is 13.4. The molecule has 1 aromatic rings. The first kappa shape index (κ1) is 14.7. The number of nitrogens with one attached hydrogen (secondary N) is 1. The number of amides is 1. The SMILES string of the molecule is C[C@@H]1C[C@@H](C)CN(C(=O)CSc2n[nH]c(=O)n2C2CC2)C1. The minimum absolute atomic E-state index is 0.149. The van der Waals surface area contributed by atoms with Gasteiger partial charge in [-0.3, -0.25) is 9.36 Å². The van der Waals surface area contributed by atoms with E-state index >= 15 is 0 Å². The van der Waals surface area contributed by atoms with Gasteiger partial charge in [-0.15, -0.1) is 5.10 Å². The largest absolute Gasteiger partial charge is 0.344 e. The van der Waals surface area contributed by atoms with Gasteiger partial charge in [0.1, 0.15) is 0 Å². The molecule has 1 amide bonds. The van der Waals surface area contributed by atoms with Gasteiger partial charge in [0.2, 0.25) is 5.91 Å². The van der Waals surface area contributed by atoms with E-state index in [1.165, 1.54) is 18.2 Å². The third kappa shape index (κ3) is 3.33. The minimum atomic E-state index is -0.160. The Labute approximate surface area is 128 Å². The minimum Gasteiger partial charge on any atom is -0.341 e. The number of aromatic amines is 1. The molecule has 0 bridgehead atoms. The normalized spacial score (nSPS) is 26.1. The molecule has 1 aromatic heterocycles. The molecule has 1 N–H and O–H groups in total. The van der Waals surface area contributed by atoms with Crippen molar-refractivity contribution in [3.8, 4) is 0 Å². The van der Waals surface area contributed by atoms with Crippen LogP contribution in [0.4, 0.5) is 0 Å². The van der Waals surface area contributed by atoms with Crippen LogP contribution in [-0.4, -0.2) is 44.4 Å². The molecule has 6 nitrogen and oxygen atoms in total. The molecule has 1 aliphatic heterocycles. The van der Waals surface area contributed by atoms with Crippen molar-refractivity contribution in [3.63, 3.8) is 0 Å². The Morgan fingerprint density at radius 3 is 2.62 bits per heavy atom. The smallest absolute Gasteiger partial charge is 0.341 e. The van der Waals surface area contributed by atoms with Crippen molar-refractivity contribution in [1.82, 2.24) is 19.7 Å². The van der Waals surface area contributed by atoms with Gasteiger partial charge in [0, 0.05) is 19.1 Å². The molecule has 0 radical (unpaired) electrons. The lowest BCUT2D eigenvalue weighted by Crippen LogP contribution is -2.43. The van der Waals surface area contributed by atoms with Gasteiger partial charge < -0.3 is 4.90 Å². The summed E-state index contributed by atoms with van der Waals surface area (Å²) in [4.78, 5) is 26.0. The Kier molecular flexibility index (Phi) is 4.10. The molecule has 0 aromatic carbocycles. The monoisotopic (exact) mass is 310 g/mol. The van der Waals surface area contributed by atoms with E-state index in [1.807, 2.05) is 4.90 Å². The molecule has 2 heterocycles. The summed E-state index contributed by atoms with van der Waals surface area (Å²) in [6, 6.07) is 0.281. The fourth-order valence-electron chi connectivity index (χ4n) is 3.13. The quantitative estimate of drug-likeness (QED) is 0.856. The third-order valence-electron chi connectivity index (χ3n) is 4.13. The molecule has 1 saturated carbocycles. The zero-order valence-electron chi connectivity index (χ0n) is 12.5. The Morgan fingerprint density at radius 2 is 2.00 bits per heavy atom. The molecule has 1 aliphatic carbocycles. The van der Waals surface area contributed by atoms with Crippen LogP contribution in [0.5, 0.6) is 0 Å². The lowest BCUT2D eigenvalue weighted by molar-refractivity contribution is -0.130. The standard InChI is InChI=1S/C14H22N4O2S/c1-9-5-10(2)7-17(6-9)12(19)8-21-14-16-15-13(20)18(14)11-3-4-11/h9-11H,3-8H2,1-2H3,(H,15,20)/t9-,10-/m1/s1. The lowest BCUT2D eigenvalue weighted by atomic mass is 9.92. The van der Waals surface area contributed by atoms with Crippen LogP contribution < -0.4 is 5.69 Å². The first-order chi connectivity index (χ1) is 10.0. The summed E-state index contributed by atoms with van der Waals surface area (Å²) in [5.74, 6) is 1.64. The van der Waals surface area contributed by atoms with E-state index in [0.29, 0.717) is 22.7 Å². The van der Waals surface area contributed by atoms with Gasteiger partial charge >= 0.3 is 5.69 Å². The van der Waals surface area contributed by atoms with E-state index in [0.717, 1.165) is 25.9 Å². The first-order valence-corrected chi connectivity index (χ1v) is 8.60. The van der Waals surface area contributed by atoms with Gasteiger partial charge in [-0.05, 0) is 31.1 Å². The molecule has 0 spiro atoms. The van der Waals surface area contributed by atoms with Crippen molar-refractivity contribution in [1.29, 1.82) is 0 Å². The number of carbonyl (C=O) groups is 1. The molecule has 2 aliphatic rings.